The van der Waals surface area contributed by atoms with Gasteiger partial charge < -0.3 is 15.2 Å². The molecule has 2 aromatic heterocycles. The van der Waals surface area contributed by atoms with E-state index in [-0.39, 0.29) is 0 Å². The molecule has 1 saturated heterocycles. The SMILES string of the molecule is Cc1c(C)n(CCCN2CCCC2)c2ncnc(N)c12. The summed E-state index contributed by atoms with van der Waals surface area (Å²) < 4.78 is 2.29. The summed E-state index contributed by atoms with van der Waals surface area (Å²) in [6.07, 6.45) is 5.43. The maximum atomic E-state index is 5.99. The molecule has 20 heavy (non-hydrogen) atoms. The minimum atomic E-state index is 0.592. The fourth-order valence-corrected chi connectivity index (χ4v) is 3.23. The molecule has 0 atom stereocenters. The summed E-state index contributed by atoms with van der Waals surface area (Å²) >= 11 is 0. The number of likely N-dealkylation sites (tertiary alicyclic amines) is 1. The van der Waals surface area contributed by atoms with Crippen molar-refractivity contribution in [1.29, 1.82) is 0 Å². The second kappa shape index (κ2) is 5.40. The van der Waals surface area contributed by atoms with Crippen molar-refractivity contribution in [2.45, 2.75) is 39.7 Å². The number of rotatable bonds is 4. The topological polar surface area (TPSA) is 60.0 Å². The lowest BCUT2D eigenvalue weighted by Gasteiger charge is -2.15. The lowest BCUT2D eigenvalue weighted by molar-refractivity contribution is 0.325. The number of aromatic nitrogens is 3. The molecule has 0 unspecified atom stereocenters. The van der Waals surface area contributed by atoms with Crippen LogP contribution in [0.1, 0.15) is 30.5 Å². The molecule has 0 radical (unpaired) electrons. The van der Waals surface area contributed by atoms with Gasteiger partial charge in [0, 0.05) is 12.2 Å². The van der Waals surface area contributed by atoms with Gasteiger partial charge >= 0.3 is 0 Å². The van der Waals surface area contributed by atoms with Crippen LogP contribution < -0.4 is 5.73 Å². The Hall–Kier alpha value is -1.62. The quantitative estimate of drug-likeness (QED) is 0.927. The van der Waals surface area contributed by atoms with Crippen LogP contribution in [0.15, 0.2) is 6.33 Å². The van der Waals surface area contributed by atoms with Crippen molar-refractivity contribution in [2.75, 3.05) is 25.4 Å². The molecule has 1 aliphatic heterocycles. The van der Waals surface area contributed by atoms with E-state index in [9.17, 15) is 0 Å². The highest BCUT2D eigenvalue weighted by molar-refractivity contribution is 5.90. The van der Waals surface area contributed by atoms with Crippen LogP contribution in [0.25, 0.3) is 11.0 Å². The van der Waals surface area contributed by atoms with Crippen molar-refractivity contribution < 1.29 is 0 Å². The van der Waals surface area contributed by atoms with E-state index in [0.29, 0.717) is 5.82 Å². The Morgan fingerprint density at radius 1 is 1.15 bits per heavy atom. The van der Waals surface area contributed by atoms with Crippen LogP contribution in [-0.4, -0.2) is 39.1 Å². The number of hydrogen-bond acceptors (Lipinski definition) is 4. The van der Waals surface area contributed by atoms with Gasteiger partial charge in [-0.1, -0.05) is 0 Å². The number of nitrogen functional groups attached to an aromatic ring is 1. The summed E-state index contributed by atoms with van der Waals surface area (Å²) in [7, 11) is 0. The maximum Gasteiger partial charge on any atom is 0.145 e. The zero-order valence-electron chi connectivity index (χ0n) is 12.4. The number of anilines is 1. The molecule has 0 spiro atoms. The Balaban J connectivity index is 1.80. The maximum absolute atomic E-state index is 5.99. The van der Waals surface area contributed by atoms with Crippen LogP contribution in [0.5, 0.6) is 0 Å². The van der Waals surface area contributed by atoms with E-state index in [4.69, 9.17) is 5.73 Å². The molecule has 3 heterocycles. The van der Waals surface area contributed by atoms with Gasteiger partial charge in [-0.3, -0.25) is 0 Å². The predicted molar refractivity (Wildman–Crippen MR) is 81.7 cm³/mol. The van der Waals surface area contributed by atoms with E-state index in [1.54, 1.807) is 6.33 Å². The Morgan fingerprint density at radius 2 is 1.90 bits per heavy atom. The van der Waals surface area contributed by atoms with E-state index in [1.165, 1.54) is 43.7 Å². The van der Waals surface area contributed by atoms with Crippen molar-refractivity contribution in [3.05, 3.63) is 17.6 Å². The summed E-state index contributed by atoms with van der Waals surface area (Å²) in [4.78, 5) is 11.1. The lowest BCUT2D eigenvalue weighted by atomic mass is 10.2. The fourth-order valence-electron chi connectivity index (χ4n) is 3.23. The minimum Gasteiger partial charge on any atom is -0.383 e. The average Bonchev–Trinajstić information content (AvgIpc) is 3.02. The normalized spacial score (nSPS) is 16.3. The molecule has 2 aromatic rings. The third kappa shape index (κ3) is 2.26. The second-order valence-electron chi connectivity index (χ2n) is 5.72. The number of nitrogens with two attached hydrogens (primary N) is 1. The zero-order valence-corrected chi connectivity index (χ0v) is 12.4. The van der Waals surface area contributed by atoms with Gasteiger partial charge in [-0.2, -0.15) is 0 Å². The highest BCUT2D eigenvalue weighted by atomic mass is 15.1. The number of nitrogens with zero attached hydrogens (tertiary/aromatic N) is 4. The smallest absolute Gasteiger partial charge is 0.145 e. The molecule has 108 valence electrons. The molecule has 5 nitrogen and oxygen atoms in total. The summed E-state index contributed by atoms with van der Waals surface area (Å²) in [6, 6.07) is 0. The Labute approximate surface area is 119 Å². The second-order valence-corrected chi connectivity index (χ2v) is 5.72. The van der Waals surface area contributed by atoms with Crippen LogP contribution in [0.4, 0.5) is 5.82 Å². The molecule has 1 aliphatic rings. The van der Waals surface area contributed by atoms with Crippen LogP contribution in [0.3, 0.4) is 0 Å². The molecule has 2 N–H and O–H groups in total. The predicted octanol–water partition coefficient (Wildman–Crippen LogP) is 2.12. The highest BCUT2D eigenvalue weighted by Crippen LogP contribution is 2.27. The van der Waals surface area contributed by atoms with Gasteiger partial charge in [0.15, 0.2) is 0 Å². The van der Waals surface area contributed by atoms with Gasteiger partial charge in [-0.05, 0) is 58.3 Å². The highest BCUT2D eigenvalue weighted by Gasteiger charge is 2.15. The van der Waals surface area contributed by atoms with E-state index >= 15 is 0 Å². The summed E-state index contributed by atoms with van der Waals surface area (Å²) in [5.74, 6) is 0.592. The van der Waals surface area contributed by atoms with Crippen LogP contribution in [-0.2, 0) is 6.54 Å². The first-order chi connectivity index (χ1) is 9.68. The largest absolute Gasteiger partial charge is 0.383 e. The molecule has 0 aliphatic carbocycles. The standard InChI is InChI=1S/C15H23N5/c1-11-12(2)20(9-5-8-19-6-3-4-7-19)15-13(11)14(16)17-10-18-15/h10H,3-9H2,1-2H3,(H2,16,17,18). The van der Waals surface area contributed by atoms with E-state index < -0.39 is 0 Å². The fraction of sp³-hybridized carbons (Fsp3) is 0.600. The van der Waals surface area contributed by atoms with E-state index in [0.717, 1.165) is 24.0 Å². The van der Waals surface area contributed by atoms with Gasteiger partial charge in [-0.25, -0.2) is 9.97 Å². The summed E-state index contributed by atoms with van der Waals surface area (Å²) in [5.41, 5.74) is 9.44. The van der Waals surface area contributed by atoms with Crippen molar-refractivity contribution in [3.63, 3.8) is 0 Å². The Bertz CT molecular complexity index is 610. The van der Waals surface area contributed by atoms with Crippen LogP contribution >= 0.6 is 0 Å². The lowest BCUT2D eigenvalue weighted by Crippen LogP contribution is -2.21. The average molecular weight is 273 g/mol. The first kappa shape index (κ1) is 13.4. The van der Waals surface area contributed by atoms with Crippen molar-refractivity contribution in [1.82, 2.24) is 19.4 Å². The van der Waals surface area contributed by atoms with E-state index in [2.05, 4.69) is 33.3 Å². The van der Waals surface area contributed by atoms with Crippen LogP contribution in [0.2, 0.25) is 0 Å². The first-order valence-electron chi connectivity index (χ1n) is 7.46. The van der Waals surface area contributed by atoms with Gasteiger partial charge in [0.2, 0.25) is 0 Å². The number of hydrogen-bond donors (Lipinski definition) is 1. The Kier molecular flexibility index (Phi) is 3.61. The molecular formula is C15H23N5. The Morgan fingerprint density at radius 3 is 2.65 bits per heavy atom. The third-order valence-corrected chi connectivity index (χ3v) is 4.49. The zero-order chi connectivity index (χ0) is 14.1. The molecular weight excluding hydrogens is 250 g/mol. The molecule has 0 aromatic carbocycles. The minimum absolute atomic E-state index is 0.592. The van der Waals surface area contributed by atoms with Gasteiger partial charge in [0.05, 0.1) is 5.39 Å². The van der Waals surface area contributed by atoms with Gasteiger partial charge in [0.1, 0.15) is 17.8 Å². The van der Waals surface area contributed by atoms with E-state index in [1.807, 2.05) is 0 Å². The monoisotopic (exact) mass is 273 g/mol. The van der Waals surface area contributed by atoms with Crippen LogP contribution in [0, 0.1) is 13.8 Å². The number of aryl methyl sites for hydroxylation is 2. The first-order valence-corrected chi connectivity index (χ1v) is 7.46. The van der Waals surface area contributed by atoms with Crippen molar-refractivity contribution in [3.8, 4) is 0 Å². The summed E-state index contributed by atoms with van der Waals surface area (Å²) in [6.45, 7) is 8.96. The molecule has 0 saturated carbocycles. The molecule has 5 heteroatoms. The molecule has 0 amide bonds. The van der Waals surface area contributed by atoms with Crippen molar-refractivity contribution >= 4 is 16.9 Å². The van der Waals surface area contributed by atoms with Gasteiger partial charge in [0.25, 0.3) is 0 Å². The van der Waals surface area contributed by atoms with Gasteiger partial charge in [-0.15, -0.1) is 0 Å². The molecule has 1 fully saturated rings. The van der Waals surface area contributed by atoms with Crippen molar-refractivity contribution in [2.24, 2.45) is 0 Å². The molecule has 0 bridgehead atoms. The summed E-state index contributed by atoms with van der Waals surface area (Å²) in [5, 5.41) is 1.02. The molecule has 3 rings (SSSR count). The third-order valence-electron chi connectivity index (χ3n) is 4.49. The number of fused-ring (bicyclic) bond motifs is 1.